The summed E-state index contributed by atoms with van der Waals surface area (Å²) in [5.41, 5.74) is -2.08. The van der Waals surface area contributed by atoms with Crippen molar-refractivity contribution in [2.24, 2.45) is 0 Å². The predicted octanol–water partition coefficient (Wildman–Crippen LogP) is 2.93. The van der Waals surface area contributed by atoms with Gasteiger partial charge < -0.3 is 24.2 Å². The number of hydrogen-bond acceptors (Lipinski definition) is 12. The number of halogens is 3. The van der Waals surface area contributed by atoms with E-state index >= 15 is 0 Å². The summed E-state index contributed by atoms with van der Waals surface area (Å²) < 4.78 is 58.4. The summed E-state index contributed by atoms with van der Waals surface area (Å²) in [6.45, 7) is 2.52. The number of nitrogens with zero attached hydrogens (tertiary/aromatic N) is 7. The van der Waals surface area contributed by atoms with Gasteiger partial charge in [0.2, 0.25) is 5.95 Å². The fraction of sp³-hybridized carbons (Fsp3) is 0.370. The molecule has 0 bridgehead atoms. The Labute approximate surface area is 242 Å². The molecule has 4 heterocycles. The smallest absolute Gasteiger partial charge is 0.423 e. The highest BCUT2D eigenvalue weighted by Gasteiger charge is 2.38. The van der Waals surface area contributed by atoms with Gasteiger partial charge in [-0.2, -0.15) is 23.3 Å². The Morgan fingerprint density at radius 2 is 1.88 bits per heavy atom. The van der Waals surface area contributed by atoms with Gasteiger partial charge in [0.25, 0.3) is 11.4 Å². The molecule has 3 aromatic heterocycles. The zero-order valence-corrected chi connectivity index (χ0v) is 23.1. The molecule has 1 aliphatic rings. The van der Waals surface area contributed by atoms with Crippen LogP contribution in [0.2, 0.25) is 0 Å². The number of anilines is 2. The molecule has 0 spiro atoms. The maximum atomic E-state index is 13.9. The number of nitrogens with one attached hydrogen (secondary N) is 1. The standard InChI is InChI=1S/C27H27F3N8O5/c1-16(14-42-15-22-35-24(36-43-22)19-11-37(12-19)26-31-7-18(13-39)8-32-26)34-21-9-33-38(25(40)23(21)27(28,29)30)10-17-3-5-20(41-2)6-4-17/h3-9,13,16,19,34H,10-12,14-15H2,1-2H3. The fourth-order valence-electron chi connectivity index (χ4n) is 4.37. The number of carbonyl (C=O) groups excluding carboxylic acids is 1. The summed E-state index contributed by atoms with van der Waals surface area (Å²) in [6.07, 6.45) is -0.366. The van der Waals surface area contributed by atoms with Crippen molar-refractivity contribution >= 4 is 17.9 Å². The first-order valence-corrected chi connectivity index (χ1v) is 13.1. The van der Waals surface area contributed by atoms with Crippen molar-refractivity contribution in [1.29, 1.82) is 0 Å². The SMILES string of the molecule is COc1ccc(Cn2ncc(NC(C)COCc3nc(C4CN(c5ncc(C=O)cn5)C4)no3)c(C(F)(F)F)c2=O)cc1. The van der Waals surface area contributed by atoms with Gasteiger partial charge in [0.1, 0.15) is 17.9 Å². The van der Waals surface area contributed by atoms with Gasteiger partial charge in [-0.25, -0.2) is 14.6 Å². The van der Waals surface area contributed by atoms with E-state index in [1.54, 1.807) is 31.2 Å². The first-order chi connectivity index (χ1) is 20.6. The van der Waals surface area contributed by atoms with Gasteiger partial charge in [-0.3, -0.25) is 9.59 Å². The summed E-state index contributed by atoms with van der Waals surface area (Å²) in [4.78, 5) is 38.1. The maximum absolute atomic E-state index is 13.9. The zero-order valence-electron chi connectivity index (χ0n) is 23.1. The molecule has 1 saturated heterocycles. The van der Waals surface area contributed by atoms with E-state index in [1.165, 1.54) is 19.5 Å². The van der Waals surface area contributed by atoms with Crippen molar-refractivity contribution in [3.8, 4) is 5.75 Å². The average Bonchev–Trinajstić information content (AvgIpc) is 3.42. The molecule has 1 aliphatic heterocycles. The largest absolute Gasteiger partial charge is 0.497 e. The van der Waals surface area contributed by atoms with E-state index in [0.29, 0.717) is 48.0 Å². The van der Waals surface area contributed by atoms with Crippen molar-refractivity contribution in [2.45, 2.75) is 38.2 Å². The highest BCUT2D eigenvalue weighted by atomic mass is 19.4. The van der Waals surface area contributed by atoms with Crippen LogP contribution in [0.3, 0.4) is 0 Å². The van der Waals surface area contributed by atoms with Crippen LogP contribution in [-0.2, 0) is 24.1 Å². The number of carbonyl (C=O) groups is 1. The molecule has 0 radical (unpaired) electrons. The van der Waals surface area contributed by atoms with E-state index in [-0.39, 0.29) is 31.6 Å². The van der Waals surface area contributed by atoms with E-state index in [4.69, 9.17) is 14.0 Å². The molecule has 1 fully saturated rings. The lowest BCUT2D eigenvalue weighted by molar-refractivity contribution is -0.138. The van der Waals surface area contributed by atoms with Crippen molar-refractivity contribution in [1.82, 2.24) is 29.9 Å². The fourth-order valence-corrected chi connectivity index (χ4v) is 4.37. The Bertz CT molecular complexity index is 1600. The van der Waals surface area contributed by atoms with Crippen LogP contribution in [0.4, 0.5) is 24.8 Å². The summed E-state index contributed by atoms with van der Waals surface area (Å²) in [5.74, 6) is 1.77. The monoisotopic (exact) mass is 600 g/mol. The number of aromatic nitrogens is 6. The molecule has 226 valence electrons. The third-order valence-electron chi connectivity index (χ3n) is 6.62. The van der Waals surface area contributed by atoms with Crippen LogP contribution in [0, 0.1) is 0 Å². The third kappa shape index (κ3) is 6.97. The number of alkyl halides is 3. The molecule has 43 heavy (non-hydrogen) atoms. The first-order valence-electron chi connectivity index (χ1n) is 13.1. The second-order valence-corrected chi connectivity index (χ2v) is 9.88. The quantitative estimate of drug-likeness (QED) is 0.238. The summed E-state index contributed by atoms with van der Waals surface area (Å²) in [5, 5.41) is 10.6. The normalized spacial score (nSPS) is 14.3. The summed E-state index contributed by atoms with van der Waals surface area (Å²) in [7, 11) is 1.50. The lowest BCUT2D eigenvalue weighted by Crippen LogP contribution is -2.46. The zero-order chi connectivity index (χ0) is 30.6. The van der Waals surface area contributed by atoms with Gasteiger partial charge in [0.05, 0.1) is 43.6 Å². The molecule has 4 aromatic rings. The van der Waals surface area contributed by atoms with Gasteiger partial charge in [-0.05, 0) is 24.6 Å². The van der Waals surface area contributed by atoms with E-state index in [2.05, 4.69) is 30.5 Å². The van der Waals surface area contributed by atoms with Gasteiger partial charge >= 0.3 is 6.18 Å². The average molecular weight is 601 g/mol. The lowest BCUT2D eigenvalue weighted by atomic mass is 10.0. The van der Waals surface area contributed by atoms with E-state index in [1.807, 2.05) is 4.90 Å². The van der Waals surface area contributed by atoms with E-state index in [0.717, 1.165) is 10.9 Å². The van der Waals surface area contributed by atoms with Gasteiger partial charge in [-0.15, -0.1) is 0 Å². The Morgan fingerprint density at radius 3 is 2.53 bits per heavy atom. The Balaban J connectivity index is 1.14. The van der Waals surface area contributed by atoms with Crippen molar-refractivity contribution in [2.75, 3.05) is 37.0 Å². The minimum Gasteiger partial charge on any atom is -0.497 e. The molecule has 0 amide bonds. The molecule has 13 nitrogen and oxygen atoms in total. The summed E-state index contributed by atoms with van der Waals surface area (Å²) >= 11 is 0. The van der Waals surface area contributed by atoms with Crippen LogP contribution < -0.4 is 20.5 Å². The van der Waals surface area contributed by atoms with Crippen LogP contribution in [0.5, 0.6) is 5.75 Å². The summed E-state index contributed by atoms with van der Waals surface area (Å²) in [6, 6.07) is 5.96. The van der Waals surface area contributed by atoms with Crippen LogP contribution in [0.25, 0.3) is 0 Å². The molecule has 1 atom stereocenters. The molecule has 1 unspecified atom stereocenters. The Hall–Kier alpha value is -4.86. The number of rotatable bonds is 12. The van der Waals surface area contributed by atoms with Crippen LogP contribution in [0.15, 0.2) is 52.2 Å². The number of aldehydes is 1. The Kier molecular flexibility index (Phi) is 8.66. The Morgan fingerprint density at radius 1 is 1.16 bits per heavy atom. The van der Waals surface area contributed by atoms with Crippen molar-refractivity contribution < 1.29 is 32.0 Å². The minimum atomic E-state index is -4.91. The molecule has 5 rings (SSSR count). The van der Waals surface area contributed by atoms with Gasteiger partial charge in [0, 0.05) is 31.5 Å². The van der Waals surface area contributed by atoms with Crippen molar-refractivity contribution in [3.05, 3.63) is 81.6 Å². The molecule has 0 aliphatic carbocycles. The molecular weight excluding hydrogens is 573 g/mol. The second-order valence-electron chi connectivity index (χ2n) is 9.88. The number of benzene rings is 1. The molecular formula is C27H27F3N8O5. The number of hydrogen-bond donors (Lipinski definition) is 1. The highest BCUT2D eigenvalue weighted by Crippen LogP contribution is 2.32. The second kappa shape index (κ2) is 12.6. The molecule has 1 aromatic carbocycles. The van der Waals surface area contributed by atoms with Crippen LogP contribution >= 0.6 is 0 Å². The molecule has 0 saturated carbocycles. The maximum Gasteiger partial charge on any atom is 0.423 e. The van der Waals surface area contributed by atoms with Gasteiger partial charge in [0.15, 0.2) is 12.1 Å². The first kappa shape index (κ1) is 29.6. The number of ether oxygens (including phenoxy) is 2. The lowest BCUT2D eigenvalue weighted by Gasteiger charge is -2.37. The van der Waals surface area contributed by atoms with Crippen molar-refractivity contribution in [3.63, 3.8) is 0 Å². The topological polar surface area (TPSA) is 150 Å². The van der Waals surface area contributed by atoms with E-state index < -0.39 is 29.0 Å². The van der Waals surface area contributed by atoms with E-state index in [9.17, 15) is 22.8 Å². The third-order valence-corrected chi connectivity index (χ3v) is 6.62. The molecule has 16 heteroatoms. The van der Waals surface area contributed by atoms with Gasteiger partial charge in [-0.1, -0.05) is 17.3 Å². The predicted molar refractivity (Wildman–Crippen MR) is 145 cm³/mol. The van der Waals surface area contributed by atoms with Crippen LogP contribution in [0.1, 0.15) is 46.0 Å². The minimum absolute atomic E-state index is 0.00687. The highest BCUT2D eigenvalue weighted by molar-refractivity contribution is 5.73. The van der Waals surface area contributed by atoms with Crippen LogP contribution in [-0.4, -0.2) is 69.0 Å². The molecule has 1 N–H and O–H groups in total. The number of methoxy groups -OCH3 is 1.